The third-order valence-corrected chi connectivity index (χ3v) is 6.20. The van der Waals surface area contributed by atoms with Gasteiger partial charge in [0.15, 0.2) is 0 Å². The molecule has 1 fully saturated rings. The monoisotopic (exact) mass is 422 g/mol. The molecular formula is C27H34O4. The van der Waals surface area contributed by atoms with Crippen molar-refractivity contribution in [2.75, 3.05) is 0 Å². The molecule has 2 aromatic rings. The van der Waals surface area contributed by atoms with E-state index in [1.807, 2.05) is 48.5 Å². The number of allylic oxidation sites excluding steroid dienone is 1. The number of phenolic OH excluding ortho intramolecular Hbond substituents is 1. The molecular weight excluding hydrogens is 388 g/mol. The van der Waals surface area contributed by atoms with E-state index in [0.29, 0.717) is 12.3 Å². The van der Waals surface area contributed by atoms with Crippen molar-refractivity contribution in [3.8, 4) is 11.5 Å². The van der Waals surface area contributed by atoms with Crippen molar-refractivity contribution in [1.29, 1.82) is 0 Å². The Balaban J connectivity index is 1.68. The third kappa shape index (κ3) is 6.13. The first kappa shape index (κ1) is 22.9. The average Bonchev–Trinajstić information content (AvgIpc) is 3.18. The van der Waals surface area contributed by atoms with Gasteiger partial charge >= 0.3 is 5.97 Å². The molecule has 2 unspecified atom stereocenters. The molecule has 2 N–H and O–H groups in total. The molecule has 1 aliphatic carbocycles. The van der Waals surface area contributed by atoms with Gasteiger partial charge in [0.1, 0.15) is 17.1 Å². The second kappa shape index (κ2) is 10.0. The van der Waals surface area contributed by atoms with Crippen LogP contribution in [0, 0.1) is 11.8 Å². The molecule has 1 aliphatic rings. The number of carboxylic acids is 1. The summed E-state index contributed by atoms with van der Waals surface area (Å²) in [5, 5.41) is 20.1. The molecule has 3 atom stereocenters. The van der Waals surface area contributed by atoms with E-state index in [1.165, 1.54) is 0 Å². The summed E-state index contributed by atoms with van der Waals surface area (Å²) in [5.74, 6) is 0.407. The summed E-state index contributed by atoms with van der Waals surface area (Å²) in [6.45, 7) is 5.86. The van der Waals surface area contributed by atoms with Gasteiger partial charge in [-0.2, -0.15) is 0 Å². The highest BCUT2D eigenvalue weighted by molar-refractivity contribution is 5.70. The second-order valence-electron chi connectivity index (χ2n) is 9.31. The summed E-state index contributed by atoms with van der Waals surface area (Å²) in [7, 11) is 0. The summed E-state index contributed by atoms with van der Waals surface area (Å²) in [6, 6.07) is 15.6. The van der Waals surface area contributed by atoms with Gasteiger partial charge in [-0.1, -0.05) is 61.9 Å². The topological polar surface area (TPSA) is 66.8 Å². The number of ether oxygens (including phenoxy) is 1. The highest BCUT2D eigenvalue weighted by Crippen LogP contribution is 2.44. The van der Waals surface area contributed by atoms with E-state index >= 15 is 0 Å². The van der Waals surface area contributed by atoms with Crippen molar-refractivity contribution in [2.24, 2.45) is 11.8 Å². The van der Waals surface area contributed by atoms with Crippen molar-refractivity contribution >= 4 is 5.97 Å². The molecule has 0 radical (unpaired) electrons. The molecule has 0 amide bonds. The van der Waals surface area contributed by atoms with Crippen LogP contribution in [-0.4, -0.2) is 21.8 Å². The van der Waals surface area contributed by atoms with Gasteiger partial charge in [0.2, 0.25) is 0 Å². The summed E-state index contributed by atoms with van der Waals surface area (Å²) in [5.41, 5.74) is 1.36. The van der Waals surface area contributed by atoms with Crippen LogP contribution in [-0.2, 0) is 11.2 Å². The molecule has 0 heterocycles. The van der Waals surface area contributed by atoms with Crippen LogP contribution in [0.15, 0.2) is 60.7 Å². The van der Waals surface area contributed by atoms with Gasteiger partial charge in [-0.25, -0.2) is 0 Å². The smallest absolute Gasteiger partial charge is 0.306 e. The van der Waals surface area contributed by atoms with E-state index < -0.39 is 11.9 Å². The summed E-state index contributed by atoms with van der Waals surface area (Å²) in [4.78, 5) is 11.2. The average molecular weight is 423 g/mol. The van der Waals surface area contributed by atoms with Crippen LogP contribution in [0.2, 0.25) is 0 Å². The highest BCUT2D eigenvalue weighted by atomic mass is 16.5. The van der Waals surface area contributed by atoms with Crippen molar-refractivity contribution in [1.82, 2.24) is 0 Å². The van der Waals surface area contributed by atoms with Gasteiger partial charge in [-0.05, 0) is 68.2 Å². The number of aromatic hydroxyl groups is 1. The van der Waals surface area contributed by atoms with E-state index in [9.17, 15) is 15.0 Å². The zero-order valence-electron chi connectivity index (χ0n) is 18.8. The SMILES string of the molecule is CC(Cc1cccc([C@H]2CCCC2/C=C/CC(C)(C)Oc2ccccc2)c1O)C(=O)O. The van der Waals surface area contributed by atoms with Gasteiger partial charge < -0.3 is 14.9 Å². The maximum absolute atomic E-state index is 11.2. The predicted molar refractivity (Wildman–Crippen MR) is 124 cm³/mol. The normalized spacial score (nSPS) is 20.1. The Bertz CT molecular complexity index is 901. The molecule has 0 aromatic heterocycles. The van der Waals surface area contributed by atoms with E-state index in [-0.39, 0.29) is 17.3 Å². The van der Waals surface area contributed by atoms with Crippen molar-refractivity contribution in [3.63, 3.8) is 0 Å². The minimum atomic E-state index is -0.841. The number of para-hydroxylation sites is 2. The van der Waals surface area contributed by atoms with E-state index in [2.05, 4.69) is 26.0 Å². The van der Waals surface area contributed by atoms with E-state index in [1.54, 1.807) is 6.92 Å². The number of hydrogen-bond donors (Lipinski definition) is 2. The first-order valence-corrected chi connectivity index (χ1v) is 11.2. The van der Waals surface area contributed by atoms with Crippen molar-refractivity contribution in [2.45, 2.75) is 64.4 Å². The summed E-state index contributed by atoms with van der Waals surface area (Å²) < 4.78 is 6.13. The van der Waals surface area contributed by atoms with Gasteiger partial charge in [-0.15, -0.1) is 0 Å². The Kier molecular flexibility index (Phi) is 7.42. The van der Waals surface area contributed by atoms with Crippen LogP contribution in [0.5, 0.6) is 11.5 Å². The lowest BCUT2D eigenvalue weighted by molar-refractivity contribution is -0.141. The largest absolute Gasteiger partial charge is 0.507 e. The minimum absolute atomic E-state index is 0.259. The molecule has 0 spiro atoms. The van der Waals surface area contributed by atoms with Gasteiger partial charge in [0.05, 0.1) is 5.92 Å². The Morgan fingerprint density at radius 1 is 1.16 bits per heavy atom. The Labute approximate surface area is 185 Å². The molecule has 1 saturated carbocycles. The number of carboxylic acid groups (broad SMARTS) is 1. The van der Waals surface area contributed by atoms with Crippen LogP contribution >= 0.6 is 0 Å². The first-order chi connectivity index (χ1) is 14.8. The van der Waals surface area contributed by atoms with Crippen LogP contribution in [0.3, 0.4) is 0 Å². The molecule has 4 nitrogen and oxygen atoms in total. The predicted octanol–water partition coefficient (Wildman–Crippen LogP) is 6.34. The molecule has 0 saturated heterocycles. The zero-order chi connectivity index (χ0) is 22.4. The molecule has 3 rings (SSSR count). The Hall–Kier alpha value is -2.75. The number of rotatable bonds is 9. The van der Waals surface area contributed by atoms with Gasteiger partial charge in [0, 0.05) is 6.42 Å². The number of carbonyl (C=O) groups is 1. The van der Waals surface area contributed by atoms with E-state index in [0.717, 1.165) is 42.6 Å². The molecule has 2 aromatic carbocycles. The second-order valence-corrected chi connectivity index (χ2v) is 9.31. The first-order valence-electron chi connectivity index (χ1n) is 11.2. The van der Waals surface area contributed by atoms with Crippen LogP contribution in [0.25, 0.3) is 0 Å². The lowest BCUT2D eigenvalue weighted by Crippen LogP contribution is -2.27. The quantitative estimate of drug-likeness (QED) is 0.463. The number of benzene rings is 2. The molecule has 0 bridgehead atoms. The fourth-order valence-corrected chi connectivity index (χ4v) is 4.47. The number of aliphatic carboxylic acids is 1. The number of phenols is 1. The number of hydrogen-bond acceptors (Lipinski definition) is 3. The maximum atomic E-state index is 11.2. The van der Waals surface area contributed by atoms with E-state index in [4.69, 9.17) is 4.74 Å². The molecule has 31 heavy (non-hydrogen) atoms. The lowest BCUT2D eigenvalue weighted by Gasteiger charge is -2.25. The van der Waals surface area contributed by atoms with Crippen LogP contribution < -0.4 is 4.74 Å². The maximum Gasteiger partial charge on any atom is 0.306 e. The fraction of sp³-hybridized carbons (Fsp3) is 0.444. The summed E-state index contributed by atoms with van der Waals surface area (Å²) >= 11 is 0. The standard InChI is InChI=1S/C27H34O4/c1-19(26(29)30)18-21-11-8-16-24(25(21)28)23-15-7-10-20(23)12-9-17-27(2,3)31-22-13-5-4-6-14-22/h4-6,8-9,11-14,16,19-20,23,28H,7,10,15,17-18H2,1-3H3,(H,29,30)/b12-9+/t19?,20?,23-/m0/s1. The summed E-state index contributed by atoms with van der Waals surface area (Å²) in [6.07, 6.45) is 8.87. The molecule has 0 aliphatic heterocycles. The molecule has 4 heteroatoms. The Morgan fingerprint density at radius 2 is 1.90 bits per heavy atom. The van der Waals surface area contributed by atoms with Crippen molar-refractivity contribution < 1.29 is 19.7 Å². The van der Waals surface area contributed by atoms with Gasteiger partial charge in [0.25, 0.3) is 0 Å². The molecule has 166 valence electrons. The Morgan fingerprint density at radius 3 is 2.61 bits per heavy atom. The van der Waals surface area contributed by atoms with Crippen LogP contribution in [0.1, 0.15) is 63.5 Å². The van der Waals surface area contributed by atoms with Crippen molar-refractivity contribution in [3.05, 3.63) is 71.8 Å². The zero-order valence-corrected chi connectivity index (χ0v) is 18.8. The third-order valence-electron chi connectivity index (χ3n) is 6.20. The lowest BCUT2D eigenvalue weighted by atomic mass is 9.85. The minimum Gasteiger partial charge on any atom is -0.507 e. The van der Waals surface area contributed by atoms with Gasteiger partial charge in [-0.3, -0.25) is 4.79 Å². The van der Waals surface area contributed by atoms with Crippen LogP contribution in [0.4, 0.5) is 0 Å². The highest BCUT2D eigenvalue weighted by Gasteiger charge is 2.30. The fourth-order valence-electron chi connectivity index (χ4n) is 4.47.